The Labute approximate surface area is 110 Å². The minimum absolute atomic E-state index is 0.428. The minimum atomic E-state index is 0.428. The molecular formula is C15H13NOS. The summed E-state index contributed by atoms with van der Waals surface area (Å²) in [5.41, 5.74) is 5.60. The van der Waals surface area contributed by atoms with E-state index in [1.165, 1.54) is 16.7 Å². The minimum Gasteiger partial charge on any atom is -0.429 e. The SMILES string of the molecule is Cc1cccc(Cc2ccc3[nH]c(=S)oc3c2)c1. The summed E-state index contributed by atoms with van der Waals surface area (Å²) < 4.78 is 5.43. The molecule has 1 N–H and O–H groups in total. The Balaban J connectivity index is 1.97. The zero-order valence-electron chi connectivity index (χ0n) is 10.1. The summed E-state index contributed by atoms with van der Waals surface area (Å²) in [5, 5.41) is 0. The highest BCUT2D eigenvalue weighted by Gasteiger charge is 2.02. The van der Waals surface area contributed by atoms with Crippen LogP contribution in [0.3, 0.4) is 0 Å². The third-order valence-electron chi connectivity index (χ3n) is 2.98. The Hall–Kier alpha value is -1.87. The number of rotatable bonds is 2. The molecule has 18 heavy (non-hydrogen) atoms. The molecule has 90 valence electrons. The van der Waals surface area contributed by atoms with Gasteiger partial charge in [0, 0.05) is 0 Å². The van der Waals surface area contributed by atoms with Crippen molar-refractivity contribution in [2.24, 2.45) is 0 Å². The van der Waals surface area contributed by atoms with Crippen molar-refractivity contribution in [3.8, 4) is 0 Å². The number of hydrogen-bond donors (Lipinski definition) is 1. The van der Waals surface area contributed by atoms with E-state index in [0.717, 1.165) is 17.5 Å². The summed E-state index contributed by atoms with van der Waals surface area (Å²) in [7, 11) is 0. The van der Waals surface area contributed by atoms with Gasteiger partial charge in [0.1, 0.15) is 0 Å². The number of aromatic nitrogens is 1. The van der Waals surface area contributed by atoms with Crippen LogP contribution in [0.25, 0.3) is 11.1 Å². The lowest BCUT2D eigenvalue weighted by atomic mass is 10.0. The lowest BCUT2D eigenvalue weighted by Crippen LogP contribution is -1.88. The van der Waals surface area contributed by atoms with Crippen LogP contribution in [-0.4, -0.2) is 4.98 Å². The Morgan fingerprint density at radius 1 is 1.11 bits per heavy atom. The third kappa shape index (κ3) is 2.22. The molecule has 3 aromatic rings. The molecule has 1 heterocycles. The van der Waals surface area contributed by atoms with Crippen molar-refractivity contribution < 1.29 is 4.42 Å². The van der Waals surface area contributed by atoms with E-state index in [-0.39, 0.29) is 0 Å². The van der Waals surface area contributed by atoms with E-state index in [4.69, 9.17) is 16.6 Å². The molecule has 0 saturated carbocycles. The van der Waals surface area contributed by atoms with Gasteiger partial charge in [0.05, 0.1) is 5.52 Å². The number of aromatic amines is 1. The second kappa shape index (κ2) is 4.42. The number of benzene rings is 2. The summed E-state index contributed by atoms with van der Waals surface area (Å²) in [4.78, 5) is 3.44. The normalized spacial score (nSPS) is 10.9. The maximum Gasteiger partial charge on any atom is 0.266 e. The molecule has 0 fully saturated rings. The number of hydrogen-bond acceptors (Lipinski definition) is 2. The van der Waals surface area contributed by atoms with E-state index < -0.39 is 0 Å². The van der Waals surface area contributed by atoms with Gasteiger partial charge in [-0.15, -0.1) is 0 Å². The zero-order chi connectivity index (χ0) is 12.5. The van der Waals surface area contributed by atoms with Crippen LogP contribution in [0.4, 0.5) is 0 Å². The zero-order valence-corrected chi connectivity index (χ0v) is 10.9. The average Bonchev–Trinajstić information content (AvgIpc) is 2.68. The molecule has 2 aromatic carbocycles. The van der Waals surface area contributed by atoms with E-state index in [0.29, 0.717) is 4.84 Å². The van der Waals surface area contributed by atoms with Gasteiger partial charge in [0.25, 0.3) is 4.84 Å². The van der Waals surface area contributed by atoms with Gasteiger partial charge in [-0.25, -0.2) is 0 Å². The summed E-state index contributed by atoms with van der Waals surface area (Å²) in [6.07, 6.45) is 0.908. The number of H-pyrrole nitrogens is 1. The van der Waals surface area contributed by atoms with Gasteiger partial charge in [-0.3, -0.25) is 0 Å². The van der Waals surface area contributed by atoms with Crippen LogP contribution in [-0.2, 0) is 6.42 Å². The van der Waals surface area contributed by atoms with Gasteiger partial charge in [0.2, 0.25) is 0 Å². The molecule has 0 saturated heterocycles. The molecule has 3 rings (SSSR count). The van der Waals surface area contributed by atoms with Gasteiger partial charge >= 0.3 is 0 Å². The monoisotopic (exact) mass is 255 g/mol. The molecule has 0 radical (unpaired) electrons. The molecule has 0 atom stereocenters. The first-order valence-electron chi connectivity index (χ1n) is 5.88. The van der Waals surface area contributed by atoms with Gasteiger partial charge in [0.15, 0.2) is 5.58 Å². The van der Waals surface area contributed by atoms with Crippen LogP contribution in [0, 0.1) is 11.8 Å². The number of oxazole rings is 1. The highest BCUT2D eigenvalue weighted by atomic mass is 32.1. The van der Waals surface area contributed by atoms with E-state index in [2.05, 4.69) is 42.2 Å². The molecule has 0 aliphatic carbocycles. The topological polar surface area (TPSA) is 28.9 Å². The first-order valence-corrected chi connectivity index (χ1v) is 6.29. The first kappa shape index (κ1) is 11.2. The summed E-state index contributed by atoms with van der Waals surface area (Å²) in [6.45, 7) is 2.11. The lowest BCUT2D eigenvalue weighted by Gasteiger charge is -2.02. The second-order valence-corrected chi connectivity index (χ2v) is 4.88. The van der Waals surface area contributed by atoms with Crippen LogP contribution in [0.15, 0.2) is 46.9 Å². The Bertz CT molecular complexity index is 754. The molecule has 3 heteroatoms. The summed E-state index contributed by atoms with van der Waals surface area (Å²) in [5.74, 6) is 0. The summed E-state index contributed by atoms with van der Waals surface area (Å²) in [6, 6.07) is 14.7. The van der Waals surface area contributed by atoms with Crippen molar-refractivity contribution >= 4 is 23.3 Å². The molecule has 0 aliphatic heterocycles. The molecule has 0 unspecified atom stereocenters. The van der Waals surface area contributed by atoms with Crippen molar-refractivity contribution in [2.75, 3.05) is 0 Å². The third-order valence-corrected chi connectivity index (χ3v) is 3.16. The van der Waals surface area contributed by atoms with Crippen LogP contribution in [0.1, 0.15) is 16.7 Å². The highest BCUT2D eigenvalue weighted by molar-refractivity contribution is 7.71. The van der Waals surface area contributed by atoms with Gasteiger partial charge in [-0.1, -0.05) is 35.9 Å². The Morgan fingerprint density at radius 2 is 1.94 bits per heavy atom. The standard InChI is InChI=1S/C15H13NOS/c1-10-3-2-4-11(7-10)8-12-5-6-13-14(9-12)17-15(18)16-13/h2-7,9H,8H2,1H3,(H,16,18). The van der Waals surface area contributed by atoms with E-state index >= 15 is 0 Å². The van der Waals surface area contributed by atoms with Gasteiger partial charge < -0.3 is 9.40 Å². The molecule has 0 amide bonds. The van der Waals surface area contributed by atoms with E-state index in [1.54, 1.807) is 0 Å². The smallest absolute Gasteiger partial charge is 0.266 e. The van der Waals surface area contributed by atoms with Gasteiger partial charge in [-0.05, 0) is 48.8 Å². The van der Waals surface area contributed by atoms with Crippen LogP contribution in [0.5, 0.6) is 0 Å². The molecule has 2 nitrogen and oxygen atoms in total. The van der Waals surface area contributed by atoms with Crippen molar-refractivity contribution in [3.63, 3.8) is 0 Å². The fourth-order valence-corrected chi connectivity index (χ4v) is 2.36. The quantitative estimate of drug-likeness (QED) is 0.688. The van der Waals surface area contributed by atoms with E-state index in [1.807, 2.05) is 12.1 Å². The van der Waals surface area contributed by atoms with E-state index in [9.17, 15) is 0 Å². The van der Waals surface area contributed by atoms with Crippen molar-refractivity contribution in [3.05, 3.63) is 64.0 Å². The Kier molecular flexibility index (Phi) is 2.76. The van der Waals surface area contributed by atoms with Gasteiger partial charge in [-0.2, -0.15) is 0 Å². The first-order chi connectivity index (χ1) is 8.70. The molecule has 0 spiro atoms. The molecule has 0 aliphatic rings. The van der Waals surface area contributed by atoms with Crippen LogP contribution < -0.4 is 0 Å². The fourth-order valence-electron chi connectivity index (χ4n) is 2.16. The van der Waals surface area contributed by atoms with Crippen molar-refractivity contribution in [2.45, 2.75) is 13.3 Å². The number of aryl methyl sites for hydroxylation is 1. The van der Waals surface area contributed by atoms with Crippen molar-refractivity contribution in [1.82, 2.24) is 4.98 Å². The maximum atomic E-state index is 5.43. The average molecular weight is 255 g/mol. The second-order valence-electron chi connectivity index (χ2n) is 4.51. The Morgan fingerprint density at radius 3 is 2.78 bits per heavy atom. The van der Waals surface area contributed by atoms with Crippen LogP contribution in [0.2, 0.25) is 0 Å². The maximum absolute atomic E-state index is 5.43. The number of fused-ring (bicyclic) bond motifs is 1. The predicted octanol–water partition coefficient (Wildman–Crippen LogP) is 4.39. The van der Waals surface area contributed by atoms with Crippen molar-refractivity contribution in [1.29, 1.82) is 0 Å². The largest absolute Gasteiger partial charge is 0.429 e. The summed E-state index contributed by atoms with van der Waals surface area (Å²) >= 11 is 4.98. The molecule has 0 bridgehead atoms. The molecular weight excluding hydrogens is 242 g/mol. The van der Waals surface area contributed by atoms with Crippen LogP contribution >= 0.6 is 12.2 Å². The number of nitrogens with one attached hydrogen (secondary N) is 1. The lowest BCUT2D eigenvalue weighted by molar-refractivity contribution is 0.583. The predicted molar refractivity (Wildman–Crippen MR) is 75.4 cm³/mol. The molecule has 1 aromatic heterocycles. The highest BCUT2D eigenvalue weighted by Crippen LogP contribution is 2.18. The fraction of sp³-hybridized carbons (Fsp3) is 0.133.